The Kier molecular flexibility index (Phi) is 3.60. The summed E-state index contributed by atoms with van der Waals surface area (Å²) in [6.45, 7) is 1.69. The van der Waals surface area contributed by atoms with Gasteiger partial charge in [0.25, 0.3) is 5.56 Å². The van der Waals surface area contributed by atoms with Gasteiger partial charge in [0, 0.05) is 24.9 Å². The molecule has 0 fully saturated rings. The third kappa shape index (κ3) is 3.41. The minimum Gasteiger partial charge on any atom is -0.398 e. The van der Waals surface area contributed by atoms with Crippen LogP contribution in [0.2, 0.25) is 0 Å². The van der Waals surface area contributed by atoms with Gasteiger partial charge in [-0.05, 0) is 6.07 Å². The third-order valence-corrected chi connectivity index (χ3v) is 2.33. The second-order valence-electron chi connectivity index (χ2n) is 3.93. The molecule has 100 valence electrons. The van der Waals surface area contributed by atoms with Crippen molar-refractivity contribution in [1.29, 1.82) is 0 Å². The first-order valence-corrected chi connectivity index (χ1v) is 5.56. The Bertz CT molecular complexity index is 646. The summed E-state index contributed by atoms with van der Waals surface area (Å²) >= 11 is 0. The number of aryl methyl sites for hydroxylation is 1. The molecule has 2 aromatic heterocycles. The Morgan fingerprint density at radius 2 is 2.32 bits per heavy atom. The SMILES string of the molecule is Cc1nc(CNC(=O)Cn2cc(N)ccc2=O)no1. The number of carbonyl (C=O) groups is 1. The van der Waals surface area contributed by atoms with E-state index < -0.39 is 0 Å². The lowest BCUT2D eigenvalue weighted by atomic mass is 10.4. The highest BCUT2D eigenvalue weighted by atomic mass is 16.5. The zero-order valence-electron chi connectivity index (χ0n) is 10.3. The second-order valence-corrected chi connectivity index (χ2v) is 3.93. The average molecular weight is 263 g/mol. The van der Waals surface area contributed by atoms with Crippen molar-refractivity contribution < 1.29 is 9.32 Å². The summed E-state index contributed by atoms with van der Waals surface area (Å²) in [5.41, 5.74) is 5.67. The van der Waals surface area contributed by atoms with Gasteiger partial charge < -0.3 is 20.1 Å². The lowest BCUT2D eigenvalue weighted by molar-refractivity contribution is -0.121. The van der Waals surface area contributed by atoms with Crippen molar-refractivity contribution in [3.8, 4) is 0 Å². The predicted octanol–water partition coefficient (Wildman–Crippen LogP) is -0.562. The molecule has 0 atom stereocenters. The van der Waals surface area contributed by atoms with E-state index in [1.54, 1.807) is 6.92 Å². The van der Waals surface area contributed by atoms with Crippen LogP contribution in [0, 0.1) is 6.92 Å². The molecule has 2 heterocycles. The number of nitrogens with two attached hydrogens (primary N) is 1. The number of nitrogen functional groups attached to an aromatic ring is 1. The molecule has 19 heavy (non-hydrogen) atoms. The van der Waals surface area contributed by atoms with Gasteiger partial charge in [-0.15, -0.1) is 0 Å². The van der Waals surface area contributed by atoms with Crippen molar-refractivity contribution >= 4 is 11.6 Å². The molecule has 0 saturated carbocycles. The maximum Gasteiger partial charge on any atom is 0.251 e. The number of rotatable bonds is 4. The number of hydrogen-bond donors (Lipinski definition) is 2. The lowest BCUT2D eigenvalue weighted by Gasteiger charge is -2.06. The van der Waals surface area contributed by atoms with Crippen molar-refractivity contribution in [3.63, 3.8) is 0 Å². The van der Waals surface area contributed by atoms with Gasteiger partial charge in [0.2, 0.25) is 11.8 Å². The van der Waals surface area contributed by atoms with Crippen LogP contribution >= 0.6 is 0 Å². The minimum absolute atomic E-state index is 0.110. The number of aromatic nitrogens is 3. The van der Waals surface area contributed by atoms with Gasteiger partial charge in [-0.3, -0.25) is 9.59 Å². The standard InChI is InChI=1S/C11H13N5O3/c1-7-14-9(15-19-7)4-13-10(17)6-16-5-8(12)2-3-11(16)18/h2-3,5H,4,6,12H2,1H3,(H,13,17). The molecule has 0 unspecified atom stereocenters. The van der Waals surface area contributed by atoms with Crippen molar-refractivity contribution in [1.82, 2.24) is 20.0 Å². The number of pyridine rings is 1. The van der Waals surface area contributed by atoms with Crippen LogP contribution < -0.4 is 16.6 Å². The van der Waals surface area contributed by atoms with Gasteiger partial charge in [0.05, 0.1) is 6.54 Å². The molecule has 8 nitrogen and oxygen atoms in total. The molecule has 3 N–H and O–H groups in total. The zero-order valence-corrected chi connectivity index (χ0v) is 10.3. The largest absolute Gasteiger partial charge is 0.398 e. The van der Waals surface area contributed by atoms with E-state index in [9.17, 15) is 9.59 Å². The van der Waals surface area contributed by atoms with Crippen LogP contribution in [-0.2, 0) is 17.9 Å². The van der Waals surface area contributed by atoms with Gasteiger partial charge >= 0.3 is 0 Å². The molecule has 0 spiro atoms. The first-order chi connectivity index (χ1) is 9.04. The zero-order chi connectivity index (χ0) is 13.8. The molecule has 0 bridgehead atoms. The van der Waals surface area contributed by atoms with Gasteiger partial charge in [-0.2, -0.15) is 4.98 Å². The fraction of sp³-hybridized carbons (Fsp3) is 0.273. The normalized spacial score (nSPS) is 10.4. The maximum absolute atomic E-state index is 11.7. The summed E-state index contributed by atoms with van der Waals surface area (Å²) in [5, 5.41) is 6.22. The topological polar surface area (TPSA) is 116 Å². The summed E-state index contributed by atoms with van der Waals surface area (Å²) in [6, 6.07) is 2.80. The predicted molar refractivity (Wildman–Crippen MR) is 66.0 cm³/mol. The molecule has 2 aromatic rings. The first-order valence-electron chi connectivity index (χ1n) is 5.56. The van der Waals surface area contributed by atoms with Crippen molar-refractivity contribution in [3.05, 3.63) is 40.4 Å². The quantitative estimate of drug-likeness (QED) is 0.763. The average Bonchev–Trinajstić information content (AvgIpc) is 2.77. The molecule has 0 aromatic carbocycles. The number of carbonyl (C=O) groups excluding carboxylic acids is 1. The molecule has 8 heteroatoms. The molecule has 0 aliphatic heterocycles. The molecule has 2 rings (SSSR count). The molecule has 0 aliphatic carbocycles. The van der Waals surface area contributed by atoms with E-state index in [4.69, 9.17) is 10.3 Å². The fourth-order valence-electron chi connectivity index (χ4n) is 1.47. The van der Waals surface area contributed by atoms with Crippen molar-refractivity contribution in [2.24, 2.45) is 0 Å². The van der Waals surface area contributed by atoms with E-state index in [2.05, 4.69) is 15.5 Å². The summed E-state index contributed by atoms with van der Waals surface area (Å²) in [6.07, 6.45) is 1.42. The Hall–Kier alpha value is -2.64. The van der Waals surface area contributed by atoms with Crippen LogP contribution in [0.15, 0.2) is 27.6 Å². The second kappa shape index (κ2) is 5.34. The number of nitrogens with one attached hydrogen (secondary N) is 1. The maximum atomic E-state index is 11.7. The van der Waals surface area contributed by atoms with Crippen LogP contribution in [0.25, 0.3) is 0 Å². The molecule has 0 radical (unpaired) electrons. The van der Waals surface area contributed by atoms with Gasteiger partial charge in [-0.25, -0.2) is 0 Å². The van der Waals surface area contributed by atoms with E-state index in [0.29, 0.717) is 17.4 Å². The Balaban J connectivity index is 1.94. The van der Waals surface area contributed by atoms with E-state index in [0.717, 1.165) is 0 Å². The van der Waals surface area contributed by atoms with Crippen LogP contribution in [-0.4, -0.2) is 20.6 Å². The van der Waals surface area contributed by atoms with Crippen LogP contribution in [0.5, 0.6) is 0 Å². The van der Waals surface area contributed by atoms with E-state index in [-0.39, 0.29) is 24.6 Å². The number of nitrogens with zero attached hydrogens (tertiary/aromatic N) is 3. The van der Waals surface area contributed by atoms with E-state index >= 15 is 0 Å². The van der Waals surface area contributed by atoms with Crippen molar-refractivity contribution in [2.75, 3.05) is 5.73 Å². The summed E-state index contributed by atoms with van der Waals surface area (Å²) in [7, 11) is 0. The van der Waals surface area contributed by atoms with E-state index in [1.165, 1.54) is 22.9 Å². The van der Waals surface area contributed by atoms with Crippen LogP contribution in [0.3, 0.4) is 0 Å². The highest BCUT2D eigenvalue weighted by molar-refractivity contribution is 5.75. The molecule has 0 aliphatic rings. The molecule has 1 amide bonds. The lowest BCUT2D eigenvalue weighted by Crippen LogP contribution is -2.31. The molecule has 0 saturated heterocycles. The minimum atomic E-state index is -0.338. The fourth-order valence-corrected chi connectivity index (χ4v) is 1.47. The summed E-state index contributed by atoms with van der Waals surface area (Å²) < 4.78 is 5.99. The first kappa shape index (κ1) is 12.8. The Morgan fingerprint density at radius 1 is 1.53 bits per heavy atom. The van der Waals surface area contributed by atoms with Crippen LogP contribution in [0.1, 0.15) is 11.7 Å². The summed E-state index contributed by atoms with van der Waals surface area (Å²) in [4.78, 5) is 27.1. The van der Waals surface area contributed by atoms with E-state index in [1.807, 2.05) is 0 Å². The molecular weight excluding hydrogens is 250 g/mol. The molecular formula is C11H13N5O3. The number of anilines is 1. The van der Waals surface area contributed by atoms with Gasteiger partial charge in [-0.1, -0.05) is 5.16 Å². The summed E-state index contributed by atoms with van der Waals surface area (Å²) in [5.74, 6) is 0.470. The van der Waals surface area contributed by atoms with Crippen molar-refractivity contribution in [2.45, 2.75) is 20.0 Å². The Labute approximate surface area is 108 Å². The van der Waals surface area contributed by atoms with Gasteiger partial charge in [0.15, 0.2) is 5.82 Å². The highest BCUT2D eigenvalue weighted by Gasteiger charge is 2.07. The van der Waals surface area contributed by atoms with Crippen LogP contribution in [0.4, 0.5) is 5.69 Å². The number of amides is 1. The van der Waals surface area contributed by atoms with Gasteiger partial charge in [0.1, 0.15) is 6.54 Å². The highest BCUT2D eigenvalue weighted by Crippen LogP contribution is 1.96. The number of hydrogen-bond acceptors (Lipinski definition) is 6. The smallest absolute Gasteiger partial charge is 0.251 e. The Morgan fingerprint density at radius 3 is 3.00 bits per heavy atom. The third-order valence-electron chi connectivity index (χ3n) is 2.33. The monoisotopic (exact) mass is 263 g/mol.